The fourth-order valence-corrected chi connectivity index (χ4v) is 4.54. The second-order valence-corrected chi connectivity index (χ2v) is 7.83. The second kappa shape index (κ2) is 9.32. The largest absolute Gasteiger partial charge is 0.462 e. The molecule has 1 fully saturated rings. The summed E-state index contributed by atoms with van der Waals surface area (Å²) in [5, 5.41) is 3.48. The summed E-state index contributed by atoms with van der Waals surface area (Å²) < 4.78 is 10.8. The van der Waals surface area contributed by atoms with Gasteiger partial charge in [0.25, 0.3) is 0 Å². The molecule has 2 aromatic rings. The molecular weight excluding hydrogens is 376 g/mol. The van der Waals surface area contributed by atoms with Gasteiger partial charge in [-0.05, 0) is 31.9 Å². The number of hydrogen-bond donors (Lipinski definition) is 1. The Morgan fingerprint density at radius 1 is 1.32 bits per heavy atom. The third-order valence-electron chi connectivity index (χ3n) is 4.61. The number of carbonyl (C=O) groups is 2. The molecule has 0 spiro atoms. The summed E-state index contributed by atoms with van der Waals surface area (Å²) in [5.41, 5.74) is 2.28. The van der Waals surface area contributed by atoms with E-state index in [9.17, 15) is 9.59 Å². The van der Waals surface area contributed by atoms with E-state index in [1.807, 2.05) is 44.2 Å². The van der Waals surface area contributed by atoms with E-state index in [1.54, 1.807) is 6.92 Å². The zero-order chi connectivity index (χ0) is 20.1. The van der Waals surface area contributed by atoms with Gasteiger partial charge in [0.2, 0.25) is 5.91 Å². The number of ether oxygens (including phenoxy) is 2. The molecule has 1 aliphatic rings. The Bertz CT molecular complexity index is 834. The Balaban J connectivity index is 1.84. The Morgan fingerprint density at radius 2 is 2.07 bits per heavy atom. The van der Waals surface area contributed by atoms with Crippen LogP contribution in [0.5, 0.6) is 0 Å². The fourth-order valence-electron chi connectivity index (χ4n) is 3.32. The molecule has 7 heteroatoms. The smallest absolute Gasteiger partial charge is 0.341 e. The SMILES string of the molecule is CCOC(=O)c1c(NC(=O)CN2CCOC(C)C2)sc(-c2ccccc2)c1C. The first kappa shape index (κ1) is 20.5. The van der Waals surface area contributed by atoms with Crippen LogP contribution in [0, 0.1) is 6.92 Å². The Kier molecular flexibility index (Phi) is 6.83. The first-order valence-electron chi connectivity index (χ1n) is 9.49. The fraction of sp³-hybridized carbons (Fsp3) is 0.429. The molecule has 150 valence electrons. The van der Waals surface area contributed by atoms with Crippen LogP contribution in [0.25, 0.3) is 10.4 Å². The molecule has 0 saturated carbocycles. The molecule has 1 aromatic heterocycles. The Hall–Kier alpha value is -2.22. The van der Waals surface area contributed by atoms with Crippen LogP contribution in [-0.2, 0) is 14.3 Å². The molecule has 1 amide bonds. The van der Waals surface area contributed by atoms with Crippen LogP contribution in [0.4, 0.5) is 5.00 Å². The molecular formula is C21H26N2O4S. The van der Waals surface area contributed by atoms with Gasteiger partial charge in [0.15, 0.2) is 0 Å². The van der Waals surface area contributed by atoms with Crippen LogP contribution in [0.3, 0.4) is 0 Å². The topological polar surface area (TPSA) is 67.9 Å². The minimum atomic E-state index is -0.409. The molecule has 0 radical (unpaired) electrons. The van der Waals surface area contributed by atoms with Crippen molar-refractivity contribution >= 4 is 28.2 Å². The van der Waals surface area contributed by atoms with Gasteiger partial charge in [-0.2, -0.15) is 0 Å². The van der Waals surface area contributed by atoms with Gasteiger partial charge >= 0.3 is 5.97 Å². The predicted molar refractivity (Wildman–Crippen MR) is 111 cm³/mol. The van der Waals surface area contributed by atoms with Gasteiger partial charge in [-0.15, -0.1) is 11.3 Å². The van der Waals surface area contributed by atoms with Crippen LogP contribution in [0.15, 0.2) is 30.3 Å². The molecule has 1 aliphatic heterocycles. The van der Waals surface area contributed by atoms with E-state index in [0.29, 0.717) is 17.2 Å². The predicted octanol–water partition coefficient (Wildman–Crippen LogP) is 3.56. The highest BCUT2D eigenvalue weighted by Crippen LogP contribution is 2.40. The number of morpholine rings is 1. The number of nitrogens with zero attached hydrogens (tertiary/aromatic N) is 1. The molecule has 0 aliphatic carbocycles. The van der Waals surface area contributed by atoms with Crippen molar-refractivity contribution in [3.63, 3.8) is 0 Å². The summed E-state index contributed by atoms with van der Waals surface area (Å²) in [6, 6.07) is 9.85. The summed E-state index contributed by atoms with van der Waals surface area (Å²) in [6.07, 6.45) is 0.116. The molecule has 1 aromatic carbocycles. The van der Waals surface area contributed by atoms with E-state index in [4.69, 9.17) is 9.47 Å². The lowest BCUT2D eigenvalue weighted by molar-refractivity contribution is -0.119. The van der Waals surface area contributed by atoms with Crippen molar-refractivity contribution in [3.8, 4) is 10.4 Å². The molecule has 28 heavy (non-hydrogen) atoms. The maximum absolute atomic E-state index is 12.6. The number of amides is 1. The van der Waals surface area contributed by atoms with Crippen molar-refractivity contribution in [3.05, 3.63) is 41.5 Å². The number of rotatable bonds is 6. The first-order valence-corrected chi connectivity index (χ1v) is 10.3. The van der Waals surface area contributed by atoms with Gasteiger partial charge in [-0.1, -0.05) is 30.3 Å². The molecule has 3 rings (SSSR count). The number of nitrogens with one attached hydrogen (secondary N) is 1. The van der Waals surface area contributed by atoms with Crippen molar-refractivity contribution in [2.24, 2.45) is 0 Å². The van der Waals surface area contributed by atoms with Crippen LogP contribution in [-0.4, -0.2) is 55.7 Å². The summed E-state index contributed by atoms with van der Waals surface area (Å²) in [6.45, 7) is 8.29. The van der Waals surface area contributed by atoms with E-state index in [2.05, 4.69) is 10.2 Å². The van der Waals surface area contributed by atoms with E-state index in [-0.39, 0.29) is 25.2 Å². The van der Waals surface area contributed by atoms with Crippen LogP contribution >= 0.6 is 11.3 Å². The third-order valence-corrected chi connectivity index (χ3v) is 5.86. The van der Waals surface area contributed by atoms with Crippen LogP contribution < -0.4 is 5.32 Å². The lowest BCUT2D eigenvalue weighted by atomic mass is 10.1. The zero-order valence-electron chi connectivity index (χ0n) is 16.5. The van der Waals surface area contributed by atoms with Crippen LogP contribution in [0.1, 0.15) is 29.8 Å². The number of esters is 1. The zero-order valence-corrected chi connectivity index (χ0v) is 17.3. The standard InChI is InChI=1S/C21H26N2O4S/c1-4-26-21(25)18-15(3)19(16-8-6-5-7-9-16)28-20(18)22-17(24)13-23-10-11-27-14(2)12-23/h5-9,14H,4,10-13H2,1-3H3,(H,22,24). The van der Waals surface area contributed by atoms with Gasteiger partial charge in [-0.25, -0.2) is 4.79 Å². The number of carbonyl (C=O) groups excluding carboxylic acids is 2. The maximum Gasteiger partial charge on any atom is 0.341 e. The van der Waals surface area contributed by atoms with Gasteiger partial charge in [0.1, 0.15) is 5.00 Å². The van der Waals surface area contributed by atoms with E-state index >= 15 is 0 Å². The average molecular weight is 403 g/mol. The normalized spacial score (nSPS) is 17.3. The molecule has 1 unspecified atom stereocenters. The summed E-state index contributed by atoms with van der Waals surface area (Å²) in [5.74, 6) is -0.547. The van der Waals surface area contributed by atoms with Crippen molar-refractivity contribution < 1.29 is 19.1 Å². The summed E-state index contributed by atoms with van der Waals surface area (Å²) >= 11 is 1.41. The Labute approximate surface area is 169 Å². The second-order valence-electron chi connectivity index (χ2n) is 6.81. The van der Waals surface area contributed by atoms with E-state index in [1.165, 1.54) is 11.3 Å². The number of thiophene rings is 1. The van der Waals surface area contributed by atoms with Gasteiger partial charge in [0.05, 0.1) is 31.4 Å². The molecule has 0 bridgehead atoms. The molecule has 2 heterocycles. The first-order chi connectivity index (χ1) is 13.5. The molecule has 1 atom stereocenters. The highest BCUT2D eigenvalue weighted by atomic mass is 32.1. The summed E-state index contributed by atoms with van der Waals surface area (Å²) in [7, 11) is 0. The van der Waals surface area contributed by atoms with Crippen LogP contribution in [0.2, 0.25) is 0 Å². The number of hydrogen-bond acceptors (Lipinski definition) is 6. The third kappa shape index (κ3) is 4.79. The lowest BCUT2D eigenvalue weighted by Crippen LogP contribution is -2.44. The number of benzene rings is 1. The van der Waals surface area contributed by atoms with E-state index in [0.717, 1.165) is 29.1 Å². The van der Waals surface area contributed by atoms with Gasteiger partial charge < -0.3 is 14.8 Å². The van der Waals surface area contributed by atoms with Crippen molar-refractivity contribution in [2.75, 3.05) is 38.2 Å². The van der Waals surface area contributed by atoms with Crippen molar-refractivity contribution in [1.29, 1.82) is 0 Å². The Morgan fingerprint density at radius 3 is 2.75 bits per heavy atom. The van der Waals surface area contributed by atoms with Gasteiger partial charge in [0, 0.05) is 18.0 Å². The maximum atomic E-state index is 12.6. The minimum Gasteiger partial charge on any atom is -0.462 e. The summed E-state index contributed by atoms with van der Waals surface area (Å²) in [4.78, 5) is 28.2. The van der Waals surface area contributed by atoms with E-state index < -0.39 is 5.97 Å². The monoisotopic (exact) mass is 402 g/mol. The molecule has 1 N–H and O–H groups in total. The lowest BCUT2D eigenvalue weighted by Gasteiger charge is -2.30. The molecule has 1 saturated heterocycles. The highest BCUT2D eigenvalue weighted by Gasteiger charge is 2.25. The minimum absolute atomic E-state index is 0.116. The molecule has 6 nitrogen and oxygen atoms in total. The quantitative estimate of drug-likeness (QED) is 0.749. The highest BCUT2D eigenvalue weighted by molar-refractivity contribution is 7.20. The number of anilines is 1. The van der Waals surface area contributed by atoms with Gasteiger partial charge in [-0.3, -0.25) is 9.69 Å². The van der Waals surface area contributed by atoms with Crippen molar-refractivity contribution in [1.82, 2.24) is 4.90 Å². The van der Waals surface area contributed by atoms with Crippen molar-refractivity contribution in [2.45, 2.75) is 26.9 Å². The average Bonchev–Trinajstić information content (AvgIpc) is 2.98.